The molecule has 0 saturated heterocycles. The number of rotatable bonds is 6. The fourth-order valence-electron chi connectivity index (χ4n) is 2.51. The third kappa shape index (κ3) is 3.80. The molecule has 2 rings (SSSR count). The predicted octanol–water partition coefficient (Wildman–Crippen LogP) is 4.35. The van der Waals surface area contributed by atoms with Crippen molar-refractivity contribution >= 4 is 34.2 Å². The third-order valence-corrected chi connectivity index (χ3v) is 4.56. The Morgan fingerprint density at radius 3 is 2.81 bits per heavy atom. The van der Waals surface area contributed by atoms with Gasteiger partial charge in [0.25, 0.3) is 0 Å². The molecule has 0 aliphatic rings. The highest BCUT2D eigenvalue weighted by molar-refractivity contribution is 7.80. The van der Waals surface area contributed by atoms with Crippen molar-refractivity contribution in [2.24, 2.45) is 5.73 Å². The van der Waals surface area contributed by atoms with Gasteiger partial charge in [-0.05, 0) is 37.8 Å². The topological polar surface area (TPSA) is 50.9 Å². The zero-order chi connectivity index (χ0) is 15.4. The molecule has 0 fully saturated rings. The second-order valence-corrected chi connectivity index (χ2v) is 6.56. The first kappa shape index (κ1) is 15.9. The lowest BCUT2D eigenvalue weighted by atomic mass is 10.1. The molecule has 1 atom stereocenters. The summed E-state index contributed by atoms with van der Waals surface area (Å²) in [5.74, 6) is 0. The Balaban J connectivity index is 2.38. The summed E-state index contributed by atoms with van der Waals surface area (Å²) in [5, 5.41) is 5.73. The largest absolute Gasteiger partial charge is 0.389 e. The van der Waals surface area contributed by atoms with Crippen LogP contribution in [0.15, 0.2) is 23.6 Å². The summed E-state index contributed by atoms with van der Waals surface area (Å²) in [6, 6.07) is 6.56. The van der Waals surface area contributed by atoms with E-state index in [4.69, 9.17) is 18.0 Å². The van der Waals surface area contributed by atoms with Crippen LogP contribution in [0.3, 0.4) is 0 Å². The van der Waals surface area contributed by atoms with Crippen molar-refractivity contribution in [3.05, 3.63) is 45.4 Å². The maximum atomic E-state index is 5.89. The number of aromatic nitrogens is 1. The Bertz CT molecular complexity index is 621. The van der Waals surface area contributed by atoms with Crippen molar-refractivity contribution in [2.45, 2.75) is 39.7 Å². The zero-order valence-corrected chi connectivity index (χ0v) is 14.3. The fraction of sp³-hybridized carbons (Fsp3) is 0.375. The highest BCUT2D eigenvalue weighted by atomic mass is 32.1. The minimum absolute atomic E-state index is 0.282. The van der Waals surface area contributed by atoms with Crippen molar-refractivity contribution in [3.63, 3.8) is 0 Å². The summed E-state index contributed by atoms with van der Waals surface area (Å²) in [6.07, 6.45) is 2.18. The van der Waals surface area contributed by atoms with E-state index < -0.39 is 0 Å². The van der Waals surface area contributed by atoms with Crippen molar-refractivity contribution in [2.75, 3.05) is 5.32 Å². The summed E-state index contributed by atoms with van der Waals surface area (Å²) < 4.78 is 0. The van der Waals surface area contributed by atoms with Crippen LogP contribution in [0.1, 0.15) is 47.6 Å². The van der Waals surface area contributed by atoms with Crippen molar-refractivity contribution in [3.8, 4) is 0 Å². The summed E-state index contributed by atoms with van der Waals surface area (Å²) in [4.78, 5) is 6.19. The number of thiocarbonyl (C=S) groups is 1. The smallest absolute Gasteiger partial charge is 0.107 e. The van der Waals surface area contributed by atoms with E-state index in [0.29, 0.717) is 4.99 Å². The van der Waals surface area contributed by atoms with Crippen LogP contribution in [0.5, 0.6) is 0 Å². The number of nitrogens with one attached hydrogen (secondary N) is 1. The Labute approximate surface area is 135 Å². The molecule has 3 nitrogen and oxygen atoms in total. The Morgan fingerprint density at radius 2 is 2.24 bits per heavy atom. The summed E-state index contributed by atoms with van der Waals surface area (Å²) in [7, 11) is 0. The fourth-order valence-corrected chi connectivity index (χ4v) is 3.58. The van der Waals surface area contributed by atoms with Crippen LogP contribution in [0, 0.1) is 13.8 Å². The molecule has 2 heterocycles. The van der Waals surface area contributed by atoms with Gasteiger partial charge in [-0.25, -0.2) is 0 Å². The Morgan fingerprint density at radius 1 is 1.48 bits per heavy atom. The number of thiophene rings is 1. The molecule has 0 radical (unpaired) electrons. The van der Waals surface area contributed by atoms with Gasteiger partial charge in [-0.15, -0.1) is 11.3 Å². The molecule has 1 unspecified atom stereocenters. The molecule has 21 heavy (non-hydrogen) atoms. The second-order valence-electron chi connectivity index (χ2n) is 5.14. The number of hydrogen-bond acceptors (Lipinski definition) is 4. The van der Waals surface area contributed by atoms with Crippen LogP contribution in [-0.4, -0.2) is 9.97 Å². The Kier molecular flexibility index (Phi) is 5.31. The first-order chi connectivity index (χ1) is 10.0. The maximum absolute atomic E-state index is 5.89. The van der Waals surface area contributed by atoms with Gasteiger partial charge in [-0.2, -0.15) is 0 Å². The SMILES string of the molecule is CCCC(Nc1cc(C)nc(C)c1C(N)=S)c1cccs1. The van der Waals surface area contributed by atoms with E-state index in [9.17, 15) is 0 Å². The summed E-state index contributed by atoms with van der Waals surface area (Å²) in [6.45, 7) is 6.13. The number of anilines is 1. The molecule has 0 aliphatic heterocycles. The standard InChI is InChI=1S/C16H21N3S2/c1-4-6-12(14-7-5-8-21-14)19-13-9-10(2)18-11(3)15(13)16(17)20/h5,7-9,12H,4,6H2,1-3H3,(H2,17,20)(H,18,19). The van der Waals surface area contributed by atoms with Gasteiger partial charge in [-0.1, -0.05) is 31.6 Å². The summed E-state index contributed by atoms with van der Waals surface area (Å²) >= 11 is 6.97. The molecule has 0 amide bonds. The average Bonchev–Trinajstić information content (AvgIpc) is 2.90. The number of pyridine rings is 1. The molecule has 0 aliphatic carbocycles. The minimum Gasteiger partial charge on any atom is -0.389 e. The van der Waals surface area contributed by atoms with Crippen LogP contribution in [0.4, 0.5) is 5.69 Å². The summed E-state index contributed by atoms with van der Waals surface area (Å²) in [5.41, 5.74) is 9.58. The molecule has 112 valence electrons. The number of aryl methyl sites for hydroxylation is 2. The highest BCUT2D eigenvalue weighted by Crippen LogP contribution is 2.30. The van der Waals surface area contributed by atoms with Gasteiger partial charge < -0.3 is 11.1 Å². The van der Waals surface area contributed by atoms with Crippen molar-refractivity contribution in [1.82, 2.24) is 4.98 Å². The van der Waals surface area contributed by atoms with Crippen LogP contribution in [-0.2, 0) is 0 Å². The minimum atomic E-state index is 0.282. The van der Waals surface area contributed by atoms with E-state index >= 15 is 0 Å². The molecular weight excluding hydrogens is 298 g/mol. The lowest BCUT2D eigenvalue weighted by Crippen LogP contribution is -2.18. The maximum Gasteiger partial charge on any atom is 0.107 e. The predicted molar refractivity (Wildman–Crippen MR) is 95.2 cm³/mol. The normalized spacial score (nSPS) is 12.1. The van der Waals surface area contributed by atoms with Crippen LogP contribution < -0.4 is 11.1 Å². The zero-order valence-electron chi connectivity index (χ0n) is 12.6. The van der Waals surface area contributed by atoms with Gasteiger partial charge in [0.1, 0.15) is 4.99 Å². The van der Waals surface area contributed by atoms with Gasteiger partial charge >= 0.3 is 0 Å². The molecule has 0 saturated carbocycles. The van der Waals surface area contributed by atoms with Crippen LogP contribution in [0.2, 0.25) is 0 Å². The molecule has 3 N–H and O–H groups in total. The van der Waals surface area contributed by atoms with Gasteiger partial charge in [0, 0.05) is 22.0 Å². The number of nitrogens with zero attached hydrogens (tertiary/aromatic N) is 1. The van der Waals surface area contributed by atoms with E-state index in [1.54, 1.807) is 11.3 Å². The number of hydrogen-bond donors (Lipinski definition) is 2. The van der Waals surface area contributed by atoms with Crippen LogP contribution in [0.25, 0.3) is 0 Å². The quantitative estimate of drug-likeness (QED) is 0.777. The van der Waals surface area contributed by atoms with Crippen molar-refractivity contribution in [1.29, 1.82) is 0 Å². The first-order valence-electron chi connectivity index (χ1n) is 7.11. The molecule has 2 aromatic rings. The molecular formula is C16H21N3S2. The molecule has 0 aromatic carbocycles. The lowest BCUT2D eigenvalue weighted by Gasteiger charge is -2.21. The van der Waals surface area contributed by atoms with Gasteiger partial charge in [0.15, 0.2) is 0 Å². The molecule has 2 aromatic heterocycles. The van der Waals surface area contributed by atoms with Gasteiger partial charge in [0.2, 0.25) is 0 Å². The van der Waals surface area contributed by atoms with E-state index in [0.717, 1.165) is 35.5 Å². The van der Waals surface area contributed by atoms with E-state index in [2.05, 4.69) is 34.7 Å². The third-order valence-electron chi connectivity index (χ3n) is 3.37. The first-order valence-corrected chi connectivity index (χ1v) is 8.39. The molecule has 0 spiro atoms. The molecule has 0 bridgehead atoms. The second kappa shape index (κ2) is 7.00. The average molecular weight is 319 g/mol. The number of nitrogens with two attached hydrogens (primary N) is 1. The molecule has 5 heteroatoms. The van der Waals surface area contributed by atoms with E-state index in [1.807, 2.05) is 19.9 Å². The van der Waals surface area contributed by atoms with Crippen molar-refractivity contribution < 1.29 is 0 Å². The Hall–Kier alpha value is -1.46. The highest BCUT2D eigenvalue weighted by Gasteiger charge is 2.16. The van der Waals surface area contributed by atoms with E-state index in [1.165, 1.54) is 4.88 Å². The van der Waals surface area contributed by atoms with Crippen LogP contribution >= 0.6 is 23.6 Å². The van der Waals surface area contributed by atoms with E-state index in [-0.39, 0.29) is 6.04 Å². The lowest BCUT2D eigenvalue weighted by molar-refractivity contribution is 0.687. The van der Waals surface area contributed by atoms with Gasteiger partial charge in [-0.3, -0.25) is 4.98 Å². The monoisotopic (exact) mass is 319 g/mol. The van der Waals surface area contributed by atoms with Gasteiger partial charge in [0.05, 0.1) is 11.6 Å².